The van der Waals surface area contributed by atoms with E-state index in [1.54, 1.807) is 0 Å². The Kier molecular flexibility index (Phi) is 4.08. The number of H-pyrrole nitrogens is 1. The van der Waals surface area contributed by atoms with Crippen LogP contribution in [0.25, 0.3) is 10.9 Å². The number of aromatic nitrogens is 3. The fourth-order valence-electron chi connectivity index (χ4n) is 3.12. The second kappa shape index (κ2) is 6.37. The molecule has 4 rings (SSSR count). The number of nitrogens with one attached hydrogen (secondary N) is 1. The predicted octanol–water partition coefficient (Wildman–Crippen LogP) is 2.60. The van der Waals surface area contributed by atoms with Crippen molar-refractivity contribution in [2.75, 3.05) is 12.8 Å². The Morgan fingerprint density at radius 2 is 2.08 bits per heavy atom. The molecule has 3 aromatic rings. The van der Waals surface area contributed by atoms with Gasteiger partial charge in [-0.2, -0.15) is 0 Å². The van der Waals surface area contributed by atoms with E-state index < -0.39 is 0 Å². The molecular weight excluding hydrogens is 320 g/mol. The highest BCUT2D eigenvalue weighted by Crippen LogP contribution is 2.19. The lowest BCUT2D eigenvalue weighted by Gasteiger charge is -2.27. The van der Waals surface area contributed by atoms with Gasteiger partial charge in [0.15, 0.2) is 5.16 Å². The normalized spacial score (nSPS) is 14.7. The molecule has 2 aromatic heterocycles. The van der Waals surface area contributed by atoms with E-state index in [9.17, 15) is 4.79 Å². The smallest absolute Gasteiger partial charge is 0.256 e. The minimum Gasteiger partial charge on any atom is -0.301 e. The minimum atomic E-state index is -0.0134. The number of thioether (sulfide) groups is 1. The van der Waals surface area contributed by atoms with Gasteiger partial charge in [-0.15, -0.1) is 0 Å². The Labute approximate surface area is 144 Å². The van der Waals surface area contributed by atoms with E-state index in [4.69, 9.17) is 4.98 Å². The predicted molar refractivity (Wildman–Crippen MR) is 96.2 cm³/mol. The number of benzene rings is 1. The van der Waals surface area contributed by atoms with Crippen LogP contribution in [-0.2, 0) is 19.5 Å². The number of fused-ring (bicyclic) bond motifs is 2. The van der Waals surface area contributed by atoms with Gasteiger partial charge in [0.2, 0.25) is 0 Å². The molecule has 0 radical (unpaired) electrons. The molecule has 0 spiro atoms. The van der Waals surface area contributed by atoms with Gasteiger partial charge in [0.1, 0.15) is 0 Å². The maximum atomic E-state index is 12.3. The van der Waals surface area contributed by atoms with Crippen molar-refractivity contribution in [3.8, 4) is 0 Å². The van der Waals surface area contributed by atoms with Gasteiger partial charge in [-0.3, -0.25) is 14.7 Å². The van der Waals surface area contributed by atoms with Gasteiger partial charge in [0, 0.05) is 31.4 Å². The standard InChI is InChI=1S/C18H18N4OS/c1-24-18-20-16-8-9-22(11-14(16)17(23)21-18)10-13-7-6-12-4-2-3-5-15(12)19-13/h2-7H,8-11H2,1H3,(H,20,21,23). The summed E-state index contributed by atoms with van der Waals surface area (Å²) in [6, 6.07) is 12.3. The van der Waals surface area contributed by atoms with Crippen molar-refractivity contribution >= 4 is 22.7 Å². The zero-order valence-corrected chi connectivity index (χ0v) is 14.3. The number of nitrogens with zero attached hydrogens (tertiary/aromatic N) is 3. The van der Waals surface area contributed by atoms with Crippen LogP contribution in [0.15, 0.2) is 46.3 Å². The van der Waals surface area contributed by atoms with Crippen LogP contribution < -0.4 is 5.56 Å². The number of rotatable bonds is 3. The molecule has 0 aliphatic carbocycles. The molecule has 1 aliphatic rings. The van der Waals surface area contributed by atoms with Crippen molar-refractivity contribution < 1.29 is 0 Å². The average Bonchev–Trinajstić information content (AvgIpc) is 2.62. The van der Waals surface area contributed by atoms with Crippen molar-refractivity contribution in [1.82, 2.24) is 19.9 Å². The number of hydrogen-bond donors (Lipinski definition) is 1. The Bertz CT molecular complexity index is 953. The Balaban J connectivity index is 1.57. The molecule has 0 unspecified atom stereocenters. The Morgan fingerprint density at radius 3 is 2.96 bits per heavy atom. The summed E-state index contributed by atoms with van der Waals surface area (Å²) in [4.78, 5) is 26.6. The van der Waals surface area contributed by atoms with Crippen LogP contribution >= 0.6 is 11.8 Å². The molecule has 1 N–H and O–H groups in total. The average molecular weight is 338 g/mol. The lowest BCUT2D eigenvalue weighted by molar-refractivity contribution is 0.238. The number of pyridine rings is 1. The molecule has 0 fully saturated rings. The van der Waals surface area contributed by atoms with E-state index >= 15 is 0 Å². The van der Waals surface area contributed by atoms with Gasteiger partial charge >= 0.3 is 0 Å². The first-order chi connectivity index (χ1) is 11.7. The topological polar surface area (TPSA) is 61.9 Å². The maximum absolute atomic E-state index is 12.3. The summed E-state index contributed by atoms with van der Waals surface area (Å²) in [7, 11) is 0. The maximum Gasteiger partial charge on any atom is 0.256 e. The summed E-state index contributed by atoms with van der Waals surface area (Å²) in [5, 5.41) is 1.85. The fraction of sp³-hybridized carbons (Fsp3) is 0.278. The molecule has 0 amide bonds. The second-order valence-corrected chi connectivity index (χ2v) is 6.75. The summed E-state index contributed by atoms with van der Waals surface area (Å²) >= 11 is 1.47. The molecule has 24 heavy (non-hydrogen) atoms. The van der Waals surface area contributed by atoms with Crippen molar-refractivity contribution in [2.24, 2.45) is 0 Å². The number of para-hydroxylation sites is 1. The molecule has 1 aliphatic heterocycles. The van der Waals surface area contributed by atoms with Gasteiger partial charge in [-0.25, -0.2) is 4.98 Å². The van der Waals surface area contributed by atoms with E-state index in [1.165, 1.54) is 11.8 Å². The molecule has 3 heterocycles. The Hall–Kier alpha value is -2.18. The lowest BCUT2D eigenvalue weighted by Crippen LogP contribution is -2.35. The van der Waals surface area contributed by atoms with E-state index in [0.717, 1.165) is 47.4 Å². The summed E-state index contributed by atoms with van der Waals surface area (Å²) in [6.45, 7) is 2.26. The first-order valence-corrected chi connectivity index (χ1v) is 9.18. The second-order valence-electron chi connectivity index (χ2n) is 5.96. The third-order valence-corrected chi connectivity index (χ3v) is 4.94. The van der Waals surface area contributed by atoms with Crippen LogP contribution in [0.5, 0.6) is 0 Å². The van der Waals surface area contributed by atoms with Crippen LogP contribution in [0.3, 0.4) is 0 Å². The van der Waals surface area contributed by atoms with Crippen LogP contribution in [-0.4, -0.2) is 32.7 Å². The van der Waals surface area contributed by atoms with Crippen LogP contribution in [0.4, 0.5) is 0 Å². The van der Waals surface area contributed by atoms with Crippen molar-refractivity contribution in [1.29, 1.82) is 0 Å². The molecule has 6 heteroatoms. The third kappa shape index (κ3) is 2.95. The quantitative estimate of drug-likeness (QED) is 0.587. The first kappa shape index (κ1) is 15.4. The van der Waals surface area contributed by atoms with Crippen LogP contribution in [0, 0.1) is 0 Å². The van der Waals surface area contributed by atoms with Crippen LogP contribution in [0.2, 0.25) is 0 Å². The van der Waals surface area contributed by atoms with Gasteiger partial charge in [0.25, 0.3) is 5.56 Å². The SMILES string of the molecule is CSc1nc2c(c(=O)[nH]1)CN(Cc1ccc3ccccc3n1)CC2. The zero-order valence-electron chi connectivity index (χ0n) is 13.5. The molecular formula is C18H18N4OS. The van der Waals surface area contributed by atoms with Gasteiger partial charge in [0.05, 0.1) is 22.5 Å². The summed E-state index contributed by atoms with van der Waals surface area (Å²) < 4.78 is 0. The van der Waals surface area contributed by atoms with Crippen molar-refractivity contribution in [2.45, 2.75) is 24.7 Å². The summed E-state index contributed by atoms with van der Waals surface area (Å²) in [6.07, 6.45) is 2.73. The molecule has 1 aromatic carbocycles. The molecule has 0 atom stereocenters. The van der Waals surface area contributed by atoms with Gasteiger partial charge < -0.3 is 4.98 Å². The van der Waals surface area contributed by atoms with Gasteiger partial charge in [-0.05, 0) is 18.4 Å². The number of hydrogen-bond acceptors (Lipinski definition) is 5. The zero-order chi connectivity index (χ0) is 16.5. The highest BCUT2D eigenvalue weighted by Gasteiger charge is 2.21. The molecule has 0 bridgehead atoms. The molecule has 122 valence electrons. The van der Waals surface area contributed by atoms with E-state index in [0.29, 0.717) is 11.7 Å². The number of aromatic amines is 1. The van der Waals surface area contributed by atoms with E-state index in [2.05, 4.69) is 33.1 Å². The van der Waals surface area contributed by atoms with E-state index in [1.807, 2.05) is 24.5 Å². The minimum absolute atomic E-state index is 0.0134. The summed E-state index contributed by atoms with van der Waals surface area (Å²) in [5.41, 5.74) is 3.75. The highest BCUT2D eigenvalue weighted by atomic mass is 32.2. The van der Waals surface area contributed by atoms with Gasteiger partial charge in [-0.1, -0.05) is 36.0 Å². The van der Waals surface area contributed by atoms with Crippen molar-refractivity contribution in [3.63, 3.8) is 0 Å². The molecule has 0 saturated heterocycles. The third-order valence-electron chi connectivity index (χ3n) is 4.36. The monoisotopic (exact) mass is 338 g/mol. The van der Waals surface area contributed by atoms with Crippen LogP contribution in [0.1, 0.15) is 17.0 Å². The highest BCUT2D eigenvalue weighted by molar-refractivity contribution is 7.98. The largest absolute Gasteiger partial charge is 0.301 e. The lowest BCUT2D eigenvalue weighted by atomic mass is 10.1. The molecule has 0 saturated carbocycles. The fourth-order valence-corrected chi connectivity index (χ4v) is 3.51. The van der Waals surface area contributed by atoms with E-state index in [-0.39, 0.29) is 5.56 Å². The first-order valence-electron chi connectivity index (χ1n) is 7.96. The molecule has 5 nitrogen and oxygen atoms in total. The van der Waals surface area contributed by atoms with Crippen molar-refractivity contribution in [3.05, 3.63) is 63.7 Å². The summed E-state index contributed by atoms with van der Waals surface area (Å²) in [5.74, 6) is 0. The Morgan fingerprint density at radius 1 is 1.21 bits per heavy atom.